The van der Waals surface area contributed by atoms with Gasteiger partial charge in [-0.25, -0.2) is 15.0 Å². The maximum absolute atomic E-state index is 6.76. The van der Waals surface area contributed by atoms with E-state index in [1.54, 1.807) is 0 Å². The van der Waals surface area contributed by atoms with Crippen LogP contribution in [0.15, 0.2) is 126 Å². The molecule has 0 aliphatic heterocycles. The summed E-state index contributed by atoms with van der Waals surface area (Å²) in [6.45, 7) is 0. The van der Waals surface area contributed by atoms with E-state index in [1.807, 2.05) is 102 Å². The molecule has 58 heavy (non-hydrogen) atoms. The molecule has 250 valence electrons. The summed E-state index contributed by atoms with van der Waals surface area (Å²) in [4.78, 5) is 14.9. The number of aromatic nitrogens is 4. The SMILES string of the molecule is [B]c1c([B])c([B])c2c(c1[B])c1c([B])c([B])c([B])c([B])c1n2-c1cccc2c1oc1cc(-c3nc(-c4ccccc4)nc(-c4cccc(-c5ccccc5)c4)n3)ccc12. The minimum atomic E-state index is 0.118. The molecule has 0 aliphatic rings. The van der Waals surface area contributed by atoms with Crippen LogP contribution in [0.4, 0.5) is 0 Å². The molecule has 5 nitrogen and oxygen atoms in total. The Balaban J connectivity index is 1.19. The zero-order valence-electron chi connectivity index (χ0n) is 30.9. The Labute approximate surface area is 345 Å². The molecule has 3 heterocycles. The molecule has 0 aliphatic carbocycles. The third kappa shape index (κ3) is 5.47. The lowest BCUT2D eigenvalue weighted by atomic mass is 9.63. The first-order chi connectivity index (χ1) is 28.1. The number of fused-ring (bicyclic) bond motifs is 6. The highest BCUT2D eigenvalue weighted by molar-refractivity contribution is 6.71. The van der Waals surface area contributed by atoms with E-state index < -0.39 is 0 Å². The lowest BCUT2D eigenvalue weighted by Gasteiger charge is -2.17. The fourth-order valence-corrected chi connectivity index (χ4v) is 7.87. The molecule has 3 aromatic heterocycles. The molecule has 0 unspecified atom stereocenters. The predicted octanol–water partition coefficient (Wildman–Crippen LogP) is 1.89. The number of benzene rings is 7. The van der Waals surface area contributed by atoms with Crippen LogP contribution in [0.2, 0.25) is 0 Å². The van der Waals surface area contributed by atoms with Crippen LogP contribution in [0.25, 0.3) is 94.7 Å². The zero-order valence-corrected chi connectivity index (χ0v) is 30.9. The molecule has 0 spiro atoms. The van der Waals surface area contributed by atoms with Gasteiger partial charge in [0.15, 0.2) is 23.1 Å². The molecular weight excluding hydrogens is 699 g/mol. The highest BCUT2D eigenvalue weighted by Gasteiger charge is 2.25. The van der Waals surface area contributed by atoms with Crippen LogP contribution < -0.4 is 43.7 Å². The molecule has 0 amide bonds. The van der Waals surface area contributed by atoms with Crippen LogP contribution in [-0.2, 0) is 0 Å². The van der Waals surface area contributed by atoms with Gasteiger partial charge in [0.1, 0.15) is 68.4 Å². The largest absolute Gasteiger partial charge is 0.454 e. The number of hydrogen-bond acceptors (Lipinski definition) is 4. The van der Waals surface area contributed by atoms with Crippen LogP contribution in [0.3, 0.4) is 0 Å². The first kappa shape index (κ1) is 36.0. The summed E-state index contributed by atoms with van der Waals surface area (Å²) in [5.41, 5.74) is 8.32. The average molecular weight is 719 g/mol. The van der Waals surface area contributed by atoms with Crippen molar-refractivity contribution in [3.05, 3.63) is 121 Å². The maximum atomic E-state index is 6.76. The maximum Gasteiger partial charge on any atom is 0.164 e. The fraction of sp³-hybridized carbons (Fsp3) is 0. The Kier molecular flexibility index (Phi) is 8.49. The molecule has 0 atom stereocenters. The third-order valence-corrected chi connectivity index (χ3v) is 10.8. The van der Waals surface area contributed by atoms with Crippen molar-refractivity contribution in [2.75, 3.05) is 0 Å². The van der Waals surface area contributed by atoms with E-state index in [2.05, 4.69) is 24.3 Å². The first-order valence-electron chi connectivity index (χ1n) is 18.4. The quantitative estimate of drug-likeness (QED) is 0.256. The monoisotopic (exact) mass is 720 g/mol. The first-order valence-corrected chi connectivity index (χ1v) is 18.4. The van der Waals surface area contributed by atoms with Gasteiger partial charge in [-0.05, 0) is 46.2 Å². The van der Waals surface area contributed by atoms with E-state index in [0.29, 0.717) is 56.1 Å². The zero-order chi connectivity index (χ0) is 40.0. The Morgan fingerprint density at radius 2 is 0.862 bits per heavy atom. The van der Waals surface area contributed by atoms with Crippen molar-refractivity contribution < 1.29 is 4.42 Å². The summed E-state index contributed by atoms with van der Waals surface area (Å²) in [6.07, 6.45) is 0. The minimum absolute atomic E-state index is 0.118. The summed E-state index contributed by atoms with van der Waals surface area (Å²) < 4.78 is 8.57. The molecule has 0 fully saturated rings. The Bertz CT molecular complexity index is 3250. The van der Waals surface area contributed by atoms with Crippen molar-refractivity contribution in [1.29, 1.82) is 0 Å². The Morgan fingerprint density at radius 1 is 0.379 bits per heavy atom. The normalized spacial score (nSPS) is 11.7. The molecule has 0 bridgehead atoms. The van der Waals surface area contributed by atoms with Gasteiger partial charge in [0.05, 0.1) is 5.69 Å². The van der Waals surface area contributed by atoms with Gasteiger partial charge in [0.2, 0.25) is 0 Å². The summed E-state index contributed by atoms with van der Waals surface area (Å²) in [7, 11) is 52.4. The second-order valence-corrected chi connectivity index (χ2v) is 14.2. The highest BCUT2D eigenvalue weighted by Crippen LogP contribution is 2.38. The molecule has 0 N–H and O–H groups in total. The van der Waals surface area contributed by atoms with E-state index in [1.165, 1.54) is 0 Å². The standard InChI is InChI=1S/C45H20B8N4O/c46-32-30-31-33(47)35(49)37(51)39(53)41(31)57(40(30)38(52)36(50)34(32)48)28-16-8-15-27-26-18-17-25(20-29(26)58-42(27)28)45-55-43(22-11-5-2-6-12-22)54-44(56-45)24-14-7-13-23(19-24)21-9-3-1-4-10-21/h1-20H. The predicted molar refractivity (Wildman–Crippen MR) is 246 cm³/mol. The van der Waals surface area contributed by atoms with Crippen molar-refractivity contribution in [3.63, 3.8) is 0 Å². The highest BCUT2D eigenvalue weighted by atomic mass is 16.3. The molecule has 7 aromatic carbocycles. The van der Waals surface area contributed by atoms with Gasteiger partial charge in [-0.2, -0.15) is 0 Å². The van der Waals surface area contributed by atoms with Crippen LogP contribution in [0.1, 0.15) is 0 Å². The van der Waals surface area contributed by atoms with Gasteiger partial charge in [0.25, 0.3) is 0 Å². The molecule has 0 saturated heterocycles. The van der Waals surface area contributed by atoms with Crippen LogP contribution in [0.5, 0.6) is 0 Å². The molecule has 0 saturated carbocycles. The summed E-state index contributed by atoms with van der Waals surface area (Å²) in [6, 6.07) is 39.9. The van der Waals surface area contributed by atoms with E-state index in [0.717, 1.165) is 38.6 Å². The van der Waals surface area contributed by atoms with Gasteiger partial charge in [0, 0.05) is 38.5 Å². The van der Waals surface area contributed by atoms with Gasteiger partial charge in [-0.15, -0.1) is 21.9 Å². The summed E-state index contributed by atoms with van der Waals surface area (Å²) >= 11 is 0. The minimum Gasteiger partial charge on any atom is -0.454 e. The molecular formula is C45H20B8N4O. The van der Waals surface area contributed by atoms with Crippen molar-refractivity contribution in [1.82, 2.24) is 19.5 Å². The van der Waals surface area contributed by atoms with Gasteiger partial charge < -0.3 is 8.98 Å². The second kappa shape index (κ2) is 13.7. The number of rotatable bonds is 5. The van der Waals surface area contributed by atoms with Gasteiger partial charge in [-0.1, -0.05) is 119 Å². The van der Waals surface area contributed by atoms with Crippen LogP contribution in [-0.4, -0.2) is 82.3 Å². The van der Waals surface area contributed by atoms with Crippen molar-refractivity contribution in [2.24, 2.45) is 0 Å². The number of hydrogen-bond donors (Lipinski definition) is 0. The Hall–Kier alpha value is -6.33. The van der Waals surface area contributed by atoms with E-state index in [9.17, 15) is 0 Å². The third-order valence-electron chi connectivity index (χ3n) is 10.8. The number of para-hydroxylation sites is 1. The summed E-state index contributed by atoms with van der Waals surface area (Å²) in [5, 5.41) is 2.55. The Morgan fingerprint density at radius 3 is 1.47 bits per heavy atom. The van der Waals surface area contributed by atoms with E-state index in [4.69, 9.17) is 82.1 Å². The molecule has 10 rings (SSSR count). The van der Waals surface area contributed by atoms with Crippen molar-refractivity contribution in [3.8, 4) is 51.0 Å². The lowest BCUT2D eigenvalue weighted by molar-refractivity contribution is 0.666. The summed E-state index contributed by atoms with van der Waals surface area (Å²) in [5.74, 6) is 1.55. The van der Waals surface area contributed by atoms with Crippen molar-refractivity contribution >= 4 is 150 Å². The molecule has 13 heteroatoms. The van der Waals surface area contributed by atoms with E-state index in [-0.39, 0.29) is 43.7 Å². The number of furan rings is 1. The topological polar surface area (TPSA) is 56.7 Å². The molecule has 16 radical (unpaired) electrons. The van der Waals surface area contributed by atoms with Gasteiger partial charge in [-0.3, -0.25) is 0 Å². The smallest absolute Gasteiger partial charge is 0.164 e. The van der Waals surface area contributed by atoms with Gasteiger partial charge >= 0.3 is 0 Å². The second-order valence-electron chi connectivity index (χ2n) is 14.2. The lowest BCUT2D eigenvalue weighted by Crippen LogP contribution is -2.49. The van der Waals surface area contributed by atoms with E-state index >= 15 is 0 Å². The van der Waals surface area contributed by atoms with Crippen LogP contribution in [0, 0.1) is 0 Å². The van der Waals surface area contributed by atoms with Crippen molar-refractivity contribution in [2.45, 2.75) is 0 Å². The average Bonchev–Trinajstić information content (AvgIpc) is 3.83. The molecule has 10 aromatic rings. The number of nitrogens with zero attached hydrogens (tertiary/aromatic N) is 4. The van der Waals surface area contributed by atoms with Crippen LogP contribution >= 0.6 is 0 Å². The fourth-order valence-electron chi connectivity index (χ4n) is 7.87.